The SMILES string of the molecule is CC[C@@H](Sc1nnc(NC(=O)Nc2ccc(C)cc2)s1)C(=O)O. The van der Waals surface area contributed by atoms with Crippen LogP contribution < -0.4 is 10.6 Å². The van der Waals surface area contributed by atoms with Crippen LogP contribution in [0.2, 0.25) is 0 Å². The van der Waals surface area contributed by atoms with Gasteiger partial charge in [0, 0.05) is 5.69 Å². The van der Waals surface area contributed by atoms with Crippen molar-refractivity contribution in [2.24, 2.45) is 0 Å². The standard InChI is InChI=1S/C14H16N4O3S2/c1-3-10(11(19)20)22-14-18-17-13(23-14)16-12(21)15-9-6-4-8(2)5-7-9/h4-7,10H,3H2,1-2H3,(H,19,20)(H2,15,16,17,21)/t10-/m1/s1. The molecular weight excluding hydrogens is 336 g/mol. The van der Waals surface area contributed by atoms with E-state index in [1.807, 2.05) is 19.1 Å². The van der Waals surface area contributed by atoms with E-state index >= 15 is 0 Å². The number of amides is 2. The van der Waals surface area contributed by atoms with Crippen LogP contribution in [0, 0.1) is 6.92 Å². The molecule has 0 saturated carbocycles. The minimum atomic E-state index is -0.890. The summed E-state index contributed by atoms with van der Waals surface area (Å²) in [4.78, 5) is 22.9. The van der Waals surface area contributed by atoms with E-state index in [9.17, 15) is 9.59 Å². The lowest BCUT2D eigenvalue weighted by molar-refractivity contribution is -0.136. The summed E-state index contributed by atoms with van der Waals surface area (Å²) in [7, 11) is 0. The predicted molar refractivity (Wildman–Crippen MR) is 91.3 cm³/mol. The molecule has 0 fully saturated rings. The second-order valence-electron chi connectivity index (χ2n) is 4.67. The summed E-state index contributed by atoms with van der Waals surface area (Å²) in [6.07, 6.45) is 0.482. The molecule has 1 atom stereocenters. The molecule has 7 nitrogen and oxygen atoms in total. The number of nitrogens with one attached hydrogen (secondary N) is 2. The number of anilines is 2. The van der Waals surface area contributed by atoms with Gasteiger partial charge in [0.05, 0.1) is 0 Å². The van der Waals surface area contributed by atoms with Gasteiger partial charge in [0.1, 0.15) is 5.25 Å². The topological polar surface area (TPSA) is 104 Å². The number of aromatic nitrogens is 2. The van der Waals surface area contributed by atoms with Crippen molar-refractivity contribution in [1.29, 1.82) is 0 Å². The van der Waals surface area contributed by atoms with Crippen molar-refractivity contribution < 1.29 is 14.7 Å². The zero-order chi connectivity index (χ0) is 16.8. The van der Waals surface area contributed by atoms with Gasteiger partial charge in [-0.3, -0.25) is 10.1 Å². The van der Waals surface area contributed by atoms with Gasteiger partial charge in [-0.05, 0) is 25.5 Å². The Hall–Kier alpha value is -2.13. The summed E-state index contributed by atoms with van der Waals surface area (Å²) in [5.41, 5.74) is 1.77. The molecule has 3 N–H and O–H groups in total. The van der Waals surface area contributed by atoms with Crippen LogP contribution in [0.15, 0.2) is 28.6 Å². The summed E-state index contributed by atoms with van der Waals surface area (Å²) in [6.45, 7) is 3.76. The van der Waals surface area contributed by atoms with E-state index in [1.165, 1.54) is 0 Å². The third kappa shape index (κ3) is 5.22. The van der Waals surface area contributed by atoms with Gasteiger partial charge in [0.15, 0.2) is 4.34 Å². The lowest BCUT2D eigenvalue weighted by Crippen LogP contribution is -2.19. The Labute approximate surface area is 141 Å². The molecule has 2 aromatic rings. The third-order valence-corrected chi connectivity index (χ3v) is 5.10. The highest BCUT2D eigenvalue weighted by atomic mass is 32.2. The number of hydrogen-bond donors (Lipinski definition) is 3. The summed E-state index contributed by atoms with van der Waals surface area (Å²) in [5, 5.41) is 21.8. The van der Waals surface area contributed by atoms with Crippen LogP contribution in [-0.4, -0.2) is 32.6 Å². The van der Waals surface area contributed by atoms with Crippen LogP contribution >= 0.6 is 23.1 Å². The van der Waals surface area contributed by atoms with Crippen LogP contribution in [0.25, 0.3) is 0 Å². The number of carboxylic acid groups (broad SMARTS) is 1. The molecule has 0 aliphatic carbocycles. The van der Waals surface area contributed by atoms with Gasteiger partial charge in [-0.15, -0.1) is 10.2 Å². The highest BCUT2D eigenvalue weighted by Crippen LogP contribution is 2.30. The van der Waals surface area contributed by atoms with E-state index in [2.05, 4.69) is 20.8 Å². The third-order valence-electron chi connectivity index (χ3n) is 2.83. The van der Waals surface area contributed by atoms with E-state index in [0.29, 0.717) is 21.6 Å². The van der Waals surface area contributed by atoms with E-state index in [1.54, 1.807) is 19.1 Å². The van der Waals surface area contributed by atoms with Gasteiger partial charge in [0.25, 0.3) is 0 Å². The van der Waals surface area contributed by atoms with Gasteiger partial charge in [0.2, 0.25) is 5.13 Å². The Kier molecular flexibility index (Phi) is 5.94. The smallest absolute Gasteiger partial charge is 0.325 e. The Morgan fingerprint density at radius 2 is 1.96 bits per heavy atom. The van der Waals surface area contributed by atoms with Crippen molar-refractivity contribution >= 4 is 45.9 Å². The van der Waals surface area contributed by atoms with E-state index < -0.39 is 17.3 Å². The fourth-order valence-corrected chi connectivity index (χ4v) is 3.48. The number of urea groups is 1. The Bertz CT molecular complexity index is 688. The summed E-state index contributed by atoms with van der Waals surface area (Å²) in [6, 6.07) is 6.97. The zero-order valence-electron chi connectivity index (χ0n) is 12.6. The van der Waals surface area contributed by atoms with Gasteiger partial charge >= 0.3 is 12.0 Å². The maximum atomic E-state index is 11.9. The first kappa shape index (κ1) is 17.2. The molecule has 0 aliphatic heterocycles. The quantitative estimate of drug-likeness (QED) is 0.543. The molecule has 2 rings (SSSR count). The maximum Gasteiger partial charge on any atom is 0.325 e. The van der Waals surface area contributed by atoms with Crippen LogP contribution in [-0.2, 0) is 4.79 Å². The van der Waals surface area contributed by atoms with Gasteiger partial charge in [-0.25, -0.2) is 4.79 Å². The lowest BCUT2D eigenvalue weighted by Gasteiger charge is -2.05. The molecule has 1 aromatic carbocycles. The maximum absolute atomic E-state index is 11.9. The zero-order valence-corrected chi connectivity index (χ0v) is 14.2. The number of rotatable bonds is 6. The predicted octanol–water partition coefficient (Wildman–Crippen LogP) is 3.45. The summed E-state index contributed by atoms with van der Waals surface area (Å²) >= 11 is 2.26. The van der Waals surface area contributed by atoms with Crippen LogP contribution in [0.1, 0.15) is 18.9 Å². The number of aliphatic carboxylic acids is 1. The molecule has 122 valence electrons. The largest absolute Gasteiger partial charge is 0.480 e. The number of benzene rings is 1. The van der Waals surface area contributed by atoms with Gasteiger partial charge < -0.3 is 10.4 Å². The van der Waals surface area contributed by atoms with E-state index in [-0.39, 0.29) is 0 Å². The number of nitrogens with zero attached hydrogens (tertiary/aromatic N) is 2. The molecular formula is C14H16N4O3S2. The van der Waals surface area contributed by atoms with Crippen molar-refractivity contribution in [2.45, 2.75) is 29.9 Å². The fraction of sp³-hybridized carbons (Fsp3) is 0.286. The van der Waals surface area contributed by atoms with Crippen LogP contribution in [0.3, 0.4) is 0 Å². The first-order valence-electron chi connectivity index (χ1n) is 6.85. The number of carbonyl (C=O) groups excluding carboxylic acids is 1. The van der Waals surface area contributed by atoms with E-state index in [4.69, 9.17) is 5.11 Å². The Morgan fingerprint density at radius 3 is 2.57 bits per heavy atom. The van der Waals surface area contributed by atoms with Gasteiger partial charge in [-0.2, -0.15) is 0 Å². The molecule has 2 amide bonds. The van der Waals surface area contributed by atoms with Crippen molar-refractivity contribution in [3.05, 3.63) is 29.8 Å². The highest BCUT2D eigenvalue weighted by molar-refractivity contribution is 8.02. The minimum Gasteiger partial charge on any atom is -0.480 e. The second-order valence-corrected chi connectivity index (χ2v) is 7.10. The second kappa shape index (κ2) is 7.93. The molecule has 0 spiro atoms. The fourth-order valence-electron chi connectivity index (χ4n) is 1.63. The Balaban J connectivity index is 1.91. The Morgan fingerprint density at radius 1 is 1.26 bits per heavy atom. The molecule has 23 heavy (non-hydrogen) atoms. The normalized spacial score (nSPS) is 11.7. The molecule has 0 aliphatic rings. The van der Waals surface area contributed by atoms with Crippen molar-refractivity contribution in [1.82, 2.24) is 10.2 Å². The number of thioether (sulfide) groups is 1. The monoisotopic (exact) mass is 352 g/mol. The number of carbonyl (C=O) groups is 2. The minimum absolute atomic E-state index is 0.317. The number of hydrogen-bond acceptors (Lipinski definition) is 6. The molecule has 1 aromatic heterocycles. The van der Waals surface area contributed by atoms with Crippen LogP contribution in [0.5, 0.6) is 0 Å². The molecule has 0 radical (unpaired) electrons. The average molecular weight is 352 g/mol. The van der Waals surface area contributed by atoms with Crippen LogP contribution in [0.4, 0.5) is 15.6 Å². The molecule has 9 heteroatoms. The van der Waals surface area contributed by atoms with Crippen molar-refractivity contribution in [2.75, 3.05) is 10.6 Å². The first-order valence-corrected chi connectivity index (χ1v) is 8.55. The summed E-state index contributed by atoms with van der Waals surface area (Å²) < 4.78 is 0.505. The van der Waals surface area contributed by atoms with Crippen molar-refractivity contribution in [3.8, 4) is 0 Å². The van der Waals surface area contributed by atoms with Gasteiger partial charge in [-0.1, -0.05) is 47.7 Å². The van der Waals surface area contributed by atoms with Crippen molar-refractivity contribution in [3.63, 3.8) is 0 Å². The average Bonchev–Trinajstić information content (AvgIpc) is 2.94. The number of aryl methyl sites for hydroxylation is 1. The van der Waals surface area contributed by atoms with E-state index in [0.717, 1.165) is 28.7 Å². The highest BCUT2D eigenvalue weighted by Gasteiger charge is 2.19. The first-order chi connectivity index (χ1) is 11.0. The molecule has 1 heterocycles. The molecule has 0 saturated heterocycles. The lowest BCUT2D eigenvalue weighted by atomic mass is 10.2. The molecule has 0 unspecified atom stereocenters. The number of carboxylic acids is 1. The molecule has 0 bridgehead atoms. The summed E-state index contributed by atoms with van der Waals surface area (Å²) in [5.74, 6) is -0.890.